The Hall–Kier alpha value is -2.83. The van der Waals surface area contributed by atoms with Crippen molar-refractivity contribution >= 4 is 22.2 Å². The van der Waals surface area contributed by atoms with Crippen LogP contribution in [-0.4, -0.2) is 38.1 Å². The highest BCUT2D eigenvalue weighted by Gasteiger charge is 2.32. The van der Waals surface area contributed by atoms with Crippen molar-refractivity contribution in [3.05, 3.63) is 75.7 Å². The number of likely N-dealkylation sites (tertiary alicyclic amines) is 1. The molecule has 1 fully saturated rings. The summed E-state index contributed by atoms with van der Waals surface area (Å²) in [6, 6.07) is 15.4. The summed E-state index contributed by atoms with van der Waals surface area (Å²) in [4.78, 5) is 16.8. The van der Waals surface area contributed by atoms with E-state index in [9.17, 15) is 4.79 Å². The summed E-state index contributed by atoms with van der Waals surface area (Å²) in [5, 5.41) is 4.13. The quantitative estimate of drug-likeness (QED) is 0.452. The summed E-state index contributed by atoms with van der Waals surface area (Å²) in [5.74, 6) is 1.48. The highest BCUT2D eigenvalue weighted by atomic mass is 32.1. The number of anilines is 1. The standard InChI is InChI=1S/C27H32N2O3S/c1-18-19(2)33-27(28-26(30)20-11-7-5-8-12-20)24(18)25(29-15-9-6-10-16-29)22-14-13-21(31-3)17-23(22)32-4/h5,7-8,11-14,17,25H,6,9-10,15-16H2,1-4H3,(H,28,30)/t25-/m0/s1. The second-order valence-electron chi connectivity index (χ2n) is 8.45. The minimum absolute atomic E-state index is 0.0119. The van der Waals surface area contributed by atoms with Crippen LogP contribution in [0.4, 0.5) is 5.00 Å². The molecule has 1 aliphatic heterocycles. The average molecular weight is 465 g/mol. The molecule has 1 amide bonds. The van der Waals surface area contributed by atoms with Crippen molar-refractivity contribution < 1.29 is 14.3 Å². The summed E-state index contributed by atoms with van der Waals surface area (Å²) in [5.41, 5.74) is 4.13. The van der Waals surface area contributed by atoms with E-state index in [2.05, 4.69) is 30.1 Å². The highest BCUT2D eigenvalue weighted by Crippen LogP contribution is 2.46. The molecule has 2 heterocycles. The smallest absolute Gasteiger partial charge is 0.256 e. The summed E-state index contributed by atoms with van der Waals surface area (Å²) in [6.07, 6.45) is 3.59. The molecule has 6 heteroatoms. The van der Waals surface area contributed by atoms with Crippen LogP contribution in [0.5, 0.6) is 11.5 Å². The van der Waals surface area contributed by atoms with Gasteiger partial charge in [-0.3, -0.25) is 9.69 Å². The molecule has 1 aliphatic rings. The van der Waals surface area contributed by atoms with Crippen molar-refractivity contribution in [3.8, 4) is 11.5 Å². The summed E-state index contributed by atoms with van der Waals surface area (Å²) >= 11 is 1.65. The Labute approximate surface area is 200 Å². The fourth-order valence-electron chi connectivity index (χ4n) is 4.59. The van der Waals surface area contributed by atoms with E-state index in [1.54, 1.807) is 25.6 Å². The maximum absolute atomic E-state index is 13.1. The average Bonchev–Trinajstić information content (AvgIpc) is 3.13. The van der Waals surface area contributed by atoms with Crippen LogP contribution in [0.15, 0.2) is 48.5 Å². The molecular formula is C27H32N2O3S. The molecule has 1 N–H and O–H groups in total. The molecule has 0 bridgehead atoms. The third-order valence-electron chi connectivity index (χ3n) is 6.46. The molecule has 0 spiro atoms. The lowest BCUT2D eigenvalue weighted by atomic mass is 9.92. The van der Waals surface area contributed by atoms with E-state index in [1.807, 2.05) is 42.5 Å². The van der Waals surface area contributed by atoms with Gasteiger partial charge in [-0.25, -0.2) is 0 Å². The minimum atomic E-state index is -0.0859. The number of piperidine rings is 1. The number of rotatable bonds is 7. The number of carbonyl (C=O) groups is 1. The van der Waals surface area contributed by atoms with Crippen LogP contribution >= 0.6 is 11.3 Å². The van der Waals surface area contributed by atoms with Crippen LogP contribution in [0.3, 0.4) is 0 Å². The predicted molar refractivity (Wildman–Crippen MR) is 135 cm³/mol. The van der Waals surface area contributed by atoms with Crippen LogP contribution in [-0.2, 0) is 0 Å². The molecule has 1 aromatic heterocycles. The van der Waals surface area contributed by atoms with Crippen molar-refractivity contribution in [2.45, 2.75) is 39.2 Å². The van der Waals surface area contributed by atoms with Gasteiger partial charge in [0, 0.05) is 27.6 Å². The number of amides is 1. The zero-order valence-electron chi connectivity index (χ0n) is 19.8. The van der Waals surface area contributed by atoms with E-state index in [-0.39, 0.29) is 11.9 Å². The van der Waals surface area contributed by atoms with Gasteiger partial charge in [0.2, 0.25) is 0 Å². The molecule has 3 aromatic rings. The fraction of sp³-hybridized carbons (Fsp3) is 0.370. The first-order chi connectivity index (χ1) is 16.0. The molecule has 174 valence electrons. The number of hydrogen-bond acceptors (Lipinski definition) is 5. The lowest BCUT2D eigenvalue weighted by Crippen LogP contribution is -2.35. The van der Waals surface area contributed by atoms with E-state index in [4.69, 9.17) is 9.47 Å². The van der Waals surface area contributed by atoms with Gasteiger partial charge in [-0.05, 0) is 69.6 Å². The van der Waals surface area contributed by atoms with Gasteiger partial charge < -0.3 is 14.8 Å². The Balaban J connectivity index is 1.82. The molecule has 4 rings (SSSR count). The van der Waals surface area contributed by atoms with Gasteiger partial charge in [0.05, 0.1) is 20.3 Å². The molecule has 1 atom stereocenters. The fourth-order valence-corrected chi connectivity index (χ4v) is 5.67. The van der Waals surface area contributed by atoms with Crippen LogP contribution in [0, 0.1) is 13.8 Å². The van der Waals surface area contributed by atoms with E-state index in [1.165, 1.54) is 29.7 Å². The highest BCUT2D eigenvalue weighted by molar-refractivity contribution is 7.16. The van der Waals surface area contributed by atoms with E-state index >= 15 is 0 Å². The number of aryl methyl sites for hydroxylation is 1. The van der Waals surface area contributed by atoms with Crippen LogP contribution in [0.1, 0.15) is 57.2 Å². The van der Waals surface area contributed by atoms with Gasteiger partial charge in [0.25, 0.3) is 5.91 Å². The Morgan fingerprint density at radius 3 is 2.39 bits per heavy atom. The van der Waals surface area contributed by atoms with Gasteiger partial charge in [0.15, 0.2) is 0 Å². The molecular weight excluding hydrogens is 432 g/mol. The molecule has 0 radical (unpaired) electrons. The largest absolute Gasteiger partial charge is 0.497 e. The Bertz CT molecular complexity index is 1100. The van der Waals surface area contributed by atoms with Gasteiger partial charge in [0.1, 0.15) is 16.5 Å². The monoisotopic (exact) mass is 464 g/mol. The van der Waals surface area contributed by atoms with Crippen molar-refractivity contribution in [1.82, 2.24) is 4.90 Å². The van der Waals surface area contributed by atoms with E-state index in [0.29, 0.717) is 5.56 Å². The minimum Gasteiger partial charge on any atom is -0.497 e. The van der Waals surface area contributed by atoms with E-state index < -0.39 is 0 Å². The third kappa shape index (κ3) is 4.92. The van der Waals surface area contributed by atoms with Crippen molar-refractivity contribution in [2.24, 2.45) is 0 Å². The van der Waals surface area contributed by atoms with Crippen LogP contribution < -0.4 is 14.8 Å². The molecule has 0 saturated carbocycles. The first kappa shape index (κ1) is 23.3. The van der Waals surface area contributed by atoms with Crippen LogP contribution in [0.25, 0.3) is 0 Å². The Kier molecular flexibility index (Phi) is 7.36. The molecule has 1 saturated heterocycles. The number of nitrogens with zero attached hydrogens (tertiary/aromatic N) is 1. The maximum Gasteiger partial charge on any atom is 0.256 e. The number of carbonyl (C=O) groups excluding carboxylic acids is 1. The molecule has 0 unspecified atom stereocenters. The van der Waals surface area contributed by atoms with Crippen molar-refractivity contribution in [1.29, 1.82) is 0 Å². The first-order valence-corrected chi connectivity index (χ1v) is 12.3. The normalized spacial score (nSPS) is 15.2. The number of ether oxygens (including phenoxy) is 2. The maximum atomic E-state index is 13.1. The number of methoxy groups -OCH3 is 2. The van der Waals surface area contributed by atoms with Crippen LogP contribution in [0.2, 0.25) is 0 Å². The lowest BCUT2D eigenvalue weighted by molar-refractivity contribution is 0.102. The number of hydrogen-bond donors (Lipinski definition) is 1. The molecule has 2 aromatic carbocycles. The van der Waals surface area contributed by atoms with E-state index in [0.717, 1.165) is 40.7 Å². The third-order valence-corrected chi connectivity index (χ3v) is 7.60. The van der Waals surface area contributed by atoms with Gasteiger partial charge in [-0.2, -0.15) is 0 Å². The molecule has 0 aliphatic carbocycles. The lowest BCUT2D eigenvalue weighted by Gasteiger charge is -2.36. The SMILES string of the molecule is COc1ccc([C@@H](c2c(NC(=O)c3ccccc3)sc(C)c2C)N2CCCCC2)c(OC)c1. The Morgan fingerprint density at radius 1 is 1.00 bits per heavy atom. The summed E-state index contributed by atoms with van der Waals surface area (Å²) in [6.45, 7) is 6.31. The van der Waals surface area contributed by atoms with Gasteiger partial charge >= 0.3 is 0 Å². The summed E-state index contributed by atoms with van der Waals surface area (Å²) < 4.78 is 11.3. The second kappa shape index (κ2) is 10.4. The number of benzene rings is 2. The number of nitrogens with one attached hydrogen (secondary N) is 1. The molecule has 33 heavy (non-hydrogen) atoms. The zero-order chi connectivity index (χ0) is 23.4. The second-order valence-corrected chi connectivity index (χ2v) is 9.68. The zero-order valence-corrected chi connectivity index (χ0v) is 20.6. The van der Waals surface area contributed by atoms with Crippen molar-refractivity contribution in [2.75, 3.05) is 32.6 Å². The summed E-state index contributed by atoms with van der Waals surface area (Å²) in [7, 11) is 3.37. The Morgan fingerprint density at radius 2 is 1.73 bits per heavy atom. The van der Waals surface area contributed by atoms with Gasteiger partial charge in [-0.1, -0.05) is 24.6 Å². The van der Waals surface area contributed by atoms with Gasteiger partial charge in [-0.15, -0.1) is 11.3 Å². The predicted octanol–water partition coefficient (Wildman–Crippen LogP) is 6.21. The topological polar surface area (TPSA) is 50.8 Å². The van der Waals surface area contributed by atoms with Crippen molar-refractivity contribution in [3.63, 3.8) is 0 Å². The number of thiophene rings is 1. The first-order valence-electron chi connectivity index (χ1n) is 11.5. The molecule has 5 nitrogen and oxygen atoms in total.